The van der Waals surface area contributed by atoms with Crippen molar-refractivity contribution in [1.29, 1.82) is 0 Å². The molecule has 0 bridgehead atoms. The topological polar surface area (TPSA) is 78.5 Å². The van der Waals surface area contributed by atoms with E-state index in [1.54, 1.807) is 30.3 Å². The van der Waals surface area contributed by atoms with Gasteiger partial charge >= 0.3 is 0 Å². The third-order valence-corrected chi connectivity index (χ3v) is 5.75. The fourth-order valence-corrected chi connectivity index (χ4v) is 3.97. The molecule has 152 valence electrons. The van der Waals surface area contributed by atoms with Gasteiger partial charge in [-0.1, -0.05) is 18.2 Å². The molecule has 6 nitrogen and oxygen atoms in total. The number of nitrogens with zero attached hydrogens (tertiary/aromatic N) is 1. The average molecular weight is 420 g/mol. The molecule has 30 heavy (non-hydrogen) atoms. The van der Waals surface area contributed by atoms with Crippen LogP contribution < -0.4 is 10.6 Å². The molecule has 2 heterocycles. The van der Waals surface area contributed by atoms with E-state index in [-0.39, 0.29) is 17.7 Å². The summed E-state index contributed by atoms with van der Waals surface area (Å²) in [6.07, 6.45) is 1.51. The van der Waals surface area contributed by atoms with Gasteiger partial charge in [0.1, 0.15) is 0 Å². The predicted octanol–water partition coefficient (Wildman–Crippen LogP) is 4.38. The van der Waals surface area contributed by atoms with Crippen LogP contribution >= 0.6 is 11.3 Å². The summed E-state index contributed by atoms with van der Waals surface area (Å²) >= 11 is 1.37. The number of hydrogen-bond donors (Lipinski definition) is 2. The summed E-state index contributed by atoms with van der Waals surface area (Å²) in [7, 11) is 0. The van der Waals surface area contributed by atoms with E-state index in [0.29, 0.717) is 34.8 Å². The fourth-order valence-electron chi connectivity index (χ4n) is 3.35. The van der Waals surface area contributed by atoms with Crippen LogP contribution in [0.15, 0.2) is 66.0 Å². The molecule has 0 radical (unpaired) electrons. The second-order valence-electron chi connectivity index (χ2n) is 7.08. The predicted molar refractivity (Wildman–Crippen MR) is 118 cm³/mol. The molecule has 0 spiro atoms. The molecule has 2 aromatic carbocycles. The maximum absolute atomic E-state index is 12.6. The summed E-state index contributed by atoms with van der Waals surface area (Å²) in [6.45, 7) is 1.34. The van der Waals surface area contributed by atoms with Gasteiger partial charge in [-0.05, 0) is 59.8 Å². The average Bonchev–Trinajstić information content (AvgIpc) is 3.41. The Morgan fingerprint density at radius 3 is 2.43 bits per heavy atom. The molecule has 0 atom stereocenters. The number of thiophene rings is 1. The zero-order valence-electron chi connectivity index (χ0n) is 16.3. The Kier molecular flexibility index (Phi) is 5.90. The molecule has 4 rings (SSSR count). The van der Waals surface area contributed by atoms with E-state index in [4.69, 9.17) is 0 Å². The van der Waals surface area contributed by atoms with Gasteiger partial charge in [0.25, 0.3) is 11.8 Å². The minimum atomic E-state index is -0.236. The molecule has 1 aromatic heterocycles. The van der Waals surface area contributed by atoms with Crippen molar-refractivity contribution >= 4 is 40.4 Å². The summed E-state index contributed by atoms with van der Waals surface area (Å²) in [5.41, 5.74) is 2.78. The molecule has 1 fully saturated rings. The van der Waals surface area contributed by atoms with E-state index in [2.05, 4.69) is 10.6 Å². The number of rotatable bonds is 6. The van der Waals surface area contributed by atoms with Gasteiger partial charge in [-0.25, -0.2) is 0 Å². The van der Waals surface area contributed by atoms with Crippen LogP contribution in [0.25, 0.3) is 0 Å². The van der Waals surface area contributed by atoms with Crippen molar-refractivity contribution in [3.05, 3.63) is 82.0 Å². The Hall–Kier alpha value is -3.45. The highest BCUT2D eigenvalue weighted by Gasteiger charge is 2.20. The van der Waals surface area contributed by atoms with Crippen molar-refractivity contribution in [3.63, 3.8) is 0 Å². The first kappa shape index (κ1) is 19.8. The van der Waals surface area contributed by atoms with Gasteiger partial charge in [0.05, 0.1) is 4.88 Å². The van der Waals surface area contributed by atoms with Gasteiger partial charge in [-0.15, -0.1) is 11.3 Å². The van der Waals surface area contributed by atoms with Crippen LogP contribution in [0.4, 0.5) is 11.4 Å². The zero-order chi connectivity index (χ0) is 20.9. The molecule has 0 aliphatic carbocycles. The Labute approximate surface area is 178 Å². The third-order valence-electron chi connectivity index (χ3n) is 4.88. The standard InChI is InChI=1S/C23H21N3O3S/c27-21-7-2-12-26(21)15-16-4-1-5-19(14-16)25-22(28)17-8-10-18(11-9-17)24-23(29)20-6-3-13-30-20/h1,3-6,8-11,13-14H,2,7,12,15H2,(H,24,29)(H,25,28). The van der Waals surface area contributed by atoms with Gasteiger partial charge in [0.2, 0.25) is 5.91 Å². The van der Waals surface area contributed by atoms with Crippen LogP contribution in [0.1, 0.15) is 38.4 Å². The smallest absolute Gasteiger partial charge is 0.265 e. The monoisotopic (exact) mass is 419 g/mol. The lowest BCUT2D eigenvalue weighted by Gasteiger charge is -2.16. The van der Waals surface area contributed by atoms with Crippen molar-refractivity contribution in [1.82, 2.24) is 4.90 Å². The second kappa shape index (κ2) is 8.92. The van der Waals surface area contributed by atoms with E-state index in [1.807, 2.05) is 40.6 Å². The summed E-state index contributed by atoms with van der Waals surface area (Å²) in [5.74, 6) is -0.230. The highest BCUT2D eigenvalue weighted by molar-refractivity contribution is 7.12. The summed E-state index contributed by atoms with van der Waals surface area (Å²) in [6, 6.07) is 17.9. The zero-order valence-corrected chi connectivity index (χ0v) is 17.1. The molecule has 7 heteroatoms. The maximum Gasteiger partial charge on any atom is 0.265 e. The summed E-state index contributed by atoms with van der Waals surface area (Å²) < 4.78 is 0. The molecule has 0 unspecified atom stereocenters. The Morgan fingerprint density at radius 1 is 0.933 bits per heavy atom. The molecule has 1 aliphatic rings. The van der Waals surface area contributed by atoms with Crippen LogP contribution in [0, 0.1) is 0 Å². The first-order valence-corrected chi connectivity index (χ1v) is 10.6. The number of carbonyl (C=O) groups is 3. The highest BCUT2D eigenvalue weighted by Crippen LogP contribution is 2.19. The van der Waals surface area contributed by atoms with Crippen molar-refractivity contribution in [3.8, 4) is 0 Å². The van der Waals surface area contributed by atoms with E-state index in [1.165, 1.54) is 11.3 Å². The first-order chi connectivity index (χ1) is 14.6. The van der Waals surface area contributed by atoms with Crippen molar-refractivity contribution in [2.24, 2.45) is 0 Å². The van der Waals surface area contributed by atoms with Crippen molar-refractivity contribution in [2.45, 2.75) is 19.4 Å². The number of benzene rings is 2. The summed E-state index contributed by atoms with van der Waals surface area (Å²) in [5, 5.41) is 7.55. The fraction of sp³-hybridized carbons (Fsp3) is 0.174. The van der Waals surface area contributed by atoms with Crippen LogP contribution in [0.2, 0.25) is 0 Å². The molecule has 0 saturated carbocycles. The second-order valence-corrected chi connectivity index (χ2v) is 8.03. The van der Waals surface area contributed by atoms with Crippen LogP contribution in [-0.4, -0.2) is 29.2 Å². The van der Waals surface area contributed by atoms with Crippen molar-refractivity contribution < 1.29 is 14.4 Å². The van der Waals surface area contributed by atoms with Gasteiger partial charge in [-0.2, -0.15) is 0 Å². The SMILES string of the molecule is O=C(Nc1cccc(CN2CCCC2=O)c1)c1ccc(NC(=O)c2cccs2)cc1. The van der Waals surface area contributed by atoms with E-state index >= 15 is 0 Å². The number of carbonyl (C=O) groups excluding carboxylic acids is 3. The lowest BCUT2D eigenvalue weighted by Crippen LogP contribution is -2.23. The normalized spacial score (nSPS) is 13.3. The van der Waals surface area contributed by atoms with Crippen LogP contribution in [0.3, 0.4) is 0 Å². The van der Waals surface area contributed by atoms with E-state index in [0.717, 1.165) is 18.5 Å². The lowest BCUT2D eigenvalue weighted by atomic mass is 10.1. The Morgan fingerprint density at radius 2 is 1.73 bits per heavy atom. The minimum absolute atomic E-state index is 0.171. The highest BCUT2D eigenvalue weighted by atomic mass is 32.1. The Bertz CT molecular complexity index is 1060. The number of nitrogens with one attached hydrogen (secondary N) is 2. The minimum Gasteiger partial charge on any atom is -0.338 e. The number of likely N-dealkylation sites (tertiary alicyclic amines) is 1. The molecule has 1 saturated heterocycles. The maximum atomic E-state index is 12.6. The third kappa shape index (κ3) is 4.75. The first-order valence-electron chi connectivity index (χ1n) is 9.71. The molecule has 2 N–H and O–H groups in total. The molecule has 3 amide bonds. The van der Waals surface area contributed by atoms with Crippen LogP contribution in [0.5, 0.6) is 0 Å². The number of anilines is 2. The summed E-state index contributed by atoms with van der Waals surface area (Å²) in [4.78, 5) is 39.0. The van der Waals surface area contributed by atoms with E-state index < -0.39 is 0 Å². The van der Waals surface area contributed by atoms with Crippen molar-refractivity contribution in [2.75, 3.05) is 17.2 Å². The van der Waals surface area contributed by atoms with Gasteiger partial charge in [-0.3, -0.25) is 14.4 Å². The van der Waals surface area contributed by atoms with Gasteiger partial charge < -0.3 is 15.5 Å². The van der Waals surface area contributed by atoms with Crippen LogP contribution in [-0.2, 0) is 11.3 Å². The lowest BCUT2D eigenvalue weighted by molar-refractivity contribution is -0.128. The molecular formula is C23H21N3O3S. The van der Waals surface area contributed by atoms with Gasteiger partial charge in [0.15, 0.2) is 0 Å². The molecule has 3 aromatic rings. The quantitative estimate of drug-likeness (QED) is 0.623. The molecule has 1 aliphatic heterocycles. The number of hydrogen-bond acceptors (Lipinski definition) is 4. The van der Waals surface area contributed by atoms with E-state index in [9.17, 15) is 14.4 Å². The molecular weight excluding hydrogens is 398 g/mol. The largest absolute Gasteiger partial charge is 0.338 e. The number of amides is 3. The Balaban J connectivity index is 1.37. The van der Waals surface area contributed by atoms with Gasteiger partial charge in [0, 0.05) is 36.4 Å².